The lowest BCUT2D eigenvalue weighted by Gasteiger charge is -2.23. The summed E-state index contributed by atoms with van der Waals surface area (Å²) in [6, 6.07) is 3.65. The van der Waals surface area contributed by atoms with Crippen molar-refractivity contribution in [3.63, 3.8) is 0 Å². The maximum Gasteiger partial charge on any atom is 0.508 e. The van der Waals surface area contributed by atoms with Gasteiger partial charge in [-0.2, -0.15) is 0 Å². The molecule has 0 bridgehead atoms. The first-order valence-electron chi connectivity index (χ1n) is 14.2. The fourth-order valence-corrected chi connectivity index (χ4v) is 3.26. The Morgan fingerprint density at radius 3 is 1.77 bits per heavy atom. The van der Waals surface area contributed by atoms with Gasteiger partial charge in [0.05, 0.1) is 0 Å². The molecule has 0 spiro atoms. The van der Waals surface area contributed by atoms with E-state index in [-0.39, 0.29) is 48.7 Å². The highest BCUT2D eigenvalue weighted by molar-refractivity contribution is 5.77. The third kappa shape index (κ3) is 12.8. The van der Waals surface area contributed by atoms with Gasteiger partial charge in [-0.1, -0.05) is 53.5 Å². The number of esters is 3. The summed E-state index contributed by atoms with van der Waals surface area (Å²) in [5.41, 5.74) is 6.68. The molecule has 0 aliphatic rings. The third-order valence-corrected chi connectivity index (χ3v) is 6.76. The number of hydrogen-bond donors (Lipinski definition) is 1. The second-order valence-corrected chi connectivity index (χ2v) is 10.5. The van der Waals surface area contributed by atoms with Gasteiger partial charge in [-0.15, -0.1) is 0 Å². The normalized spacial score (nSPS) is 15.5. The van der Waals surface area contributed by atoms with E-state index in [1.165, 1.54) is 12.1 Å². The summed E-state index contributed by atoms with van der Waals surface area (Å²) in [5, 5.41) is 0. The molecule has 0 aliphatic heterocycles. The van der Waals surface area contributed by atoms with Crippen LogP contribution >= 0.6 is 0 Å². The molecule has 1 aromatic rings. The summed E-state index contributed by atoms with van der Waals surface area (Å²) in [4.78, 5) is 49.4. The molecular formula is C30H47NO9. The van der Waals surface area contributed by atoms with Crippen molar-refractivity contribution < 1.29 is 42.9 Å². The number of carbonyl (C=O) groups excluding carboxylic acids is 4. The molecule has 0 saturated heterocycles. The Morgan fingerprint density at radius 2 is 1.25 bits per heavy atom. The van der Waals surface area contributed by atoms with Crippen LogP contribution in [-0.2, 0) is 35.0 Å². The maximum atomic E-state index is 12.7. The van der Waals surface area contributed by atoms with Gasteiger partial charge in [0.25, 0.3) is 0 Å². The Bertz CT molecular complexity index is 980. The number of carbonyl (C=O) groups is 4. The molecule has 0 heterocycles. The van der Waals surface area contributed by atoms with Gasteiger partial charge >= 0.3 is 24.1 Å². The van der Waals surface area contributed by atoms with Crippen LogP contribution in [-0.4, -0.2) is 48.4 Å². The van der Waals surface area contributed by atoms with Crippen LogP contribution < -0.4 is 15.2 Å². The van der Waals surface area contributed by atoms with Crippen LogP contribution in [0.2, 0.25) is 0 Å². The second kappa shape index (κ2) is 17.5. The van der Waals surface area contributed by atoms with Crippen LogP contribution in [0, 0.1) is 11.8 Å². The van der Waals surface area contributed by atoms with E-state index in [0.717, 1.165) is 12.8 Å². The quantitative estimate of drug-likeness (QED) is 0.201. The Labute approximate surface area is 238 Å². The van der Waals surface area contributed by atoms with E-state index in [9.17, 15) is 19.2 Å². The molecule has 2 N–H and O–H groups in total. The first kappa shape index (κ1) is 34.9. The predicted molar refractivity (Wildman–Crippen MR) is 150 cm³/mol. The summed E-state index contributed by atoms with van der Waals surface area (Å²) in [6.07, 6.45) is 0.113. The highest BCUT2D eigenvalue weighted by atomic mass is 16.7. The lowest BCUT2D eigenvalue weighted by Crippen LogP contribution is -2.39. The minimum absolute atomic E-state index is 0.0633. The second-order valence-electron chi connectivity index (χ2n) is 10.5. The van der Waals surface area contributed by atoms with Gasteiger partial charge in [-0.3, -0.25) is 14.4 Å². The third-order valence-electron chi connectivity index (χ3n) is 6.76. The first-order valence-corrected chi connectivity index (χ1v) is 14.2. The molecule has 40 heavy (non-hydrogen) atoms. The SMILES string of the molecule is CCC(C)CC(=O)Oc1ccc(C[C@H](N)C(=O)O[C@@H](C)[C@H](C)OC(=O)OC(C)CC)cc1OC(=O)CC(C)CC. The van der Waals surface area contributed by atoms with Gasteiger partial charge in [0.1, 0.15) is 24.4 Å². The Hall–Kier alpha value is -3.14. The van der Waals surface area contributed by atoms with Gasteiger partial charge in [0.15, 0.2) is 11.5 Å². The van der Waals surface area contributed by atoms with Crippen molar-refractivity contribution in [2.75, 3.05) is 0 Å². The monoisotopic (exact) mass is 565 g/mol. The molecular weight excluding hydrogens is 518 g/mol. The molecule has 0 saturated carbocycles. The van der Waals surface area contributed by atoms with E-state index >= 15 is 0 Å². The zero-order valence-electron chi connectivity index (χ0n) is 25.2. The minimum Gasteiger partial charge on any atom is -0.458 e. The summed E-state index contributed by atoms with van der Waals surface area (Å²) >= 11 is 0. The Morgan fingerprint density at radius 1 is 0.725 bits per heavy atom. The lowest BCUT2D eigenvalue weighted by molar-refractivity contribution is -0.155. The average molecular weight is 566 g/mol. The Balaban J connectivity index is 2.93. The average Bonchev–Trinajstić information content (AvgIpc) is 2.89. The van der Waals surface area contributed by atoms with Crippen molar-refractivity contribution in [1.82, 2.24) is 0 Å². The highest BCUT2D eigenvalue weighted by Gasteiger charge is 2.26. The fraction of sp³-hybridized carbons (Fsp3) is 0.667. The molecule has 6 atom stereocenters. The summed E-state index contributed by atoms with van der Waals surface area (Å²) in [5.74, 6) is -1.11. The largest absolute Gasteiger partial charge is 0.508 e. The van der Waals surface area contributed by atoms with Crippen molar-refractivity contribution in [3.8, 4) is 11.5 Å². The molecule has 0 radical (unpaired) electrons. The lowest BCUT2D eigenvalue weighted by atomic mass is 10.0. The standard InChI is InChI=1S/C30H47NO9/c1-9-18(4)14-27(32)39-25-13-12-23(17-26(25)40-28(33)15-19(5)10-2)16-24(31)29(34)37-21(7)22(8)38-30(35)36-20(6)11-3/h12-13,17-22,24H,9-11,14-16,31H2,1-8H3/t18?,19?,20?,21-,22-,24-/m0/s1. The Kier molecular flexibility index (Phi) is 15.3. The molecule has 226 valence electrons. The van der Waals surface area contributed by atoms with Crippen molar-refractivity contribution in [2.45, 2.75) is 118 Å². The van der Waals surface area contributed by atoms with Crippen LogP contribution in [0.15, 0.2) is 18.2 Å². The van der Waals surface area contributed by atoms with E-state index < -0.39 is 42.3 Å². The van der Waals surface area contributed by atoms with Gasteiger partial charge in [-0.25, -0.2) is 4.79 Å². The zero-order valence-corrected chi connectivity index (χ0v) is 25.2. The van der Waals surface area contributed by atoms with Crippen LogP contribution in [0.4, 0.5) is 4.79 Å². The fourth-order valence-electron chi connectivity index (χ4n) is 3.26. The summed E-state index contributed by atoms with van der Waals surface area (Å²) in [7, 11) is 0. The van der Waals surface area contributed by atoms with Gasteiger partial charge < -0.3 is 29.4 Å². The predicted octanol–water partition coefficient (Wildman–Crippen LogP) is 5.51. The number of benzene rings is 1. The van der Waals surface area contributed by atoms with E-state index in [2.05, 4.69) is 0 Å². The summed E-state index contributed by atoms with van der Waals surface area (Å²) in [6.45, 7) is 14.6. The number of hydrogen-bond acceptors (Lipinski definition) is 10. The van der Waals surface area contributed by atoms with Gasteiger partial charge in [0, 0.05) is 12.8 Å². The van der Waals surface area contributed by atoms with Crippen molar-refractivity contribution in [1.29, 1.82) is 0 Å². The maximum absolute atomic E-state index is 12.7. The molecule has 0 fully saturated rings. The van der Waals surface area contributed by atoms with Crippen molar-refractivity contribution in [3.05, 3.63) is 23.8 Å². The number of nitrogens with two attached hydrogens (primary N) is 1. The van der Waals surface area contributed by atoms with Gasteiger partial charge in [-0.05, 0) is 63.1 Å². The molecule has 10 nitrogen and oxygen atoms in total. The molecule has 3 unspecified atom stereocenters. The van der Waals surface area contributed by atoms with Crippen LogP contribution in [0.3, 0.4) is 0 Å². The first-order chi connectivity index (χ1) is 18.8. The molecule has 10 heteroatoms. The van der Waals surface area contributed by atoms with Crippen molar-refractivity contribution in [2.24, 2.45) is 17.6 Å². The van der Waals surface area contributed by atoms with Crippen LogP contribution in [0.5, 0.6) is 11.5 Å². The minimum atomic E-state index is -1.05. The van der Waals surface area contributed by atoms with Crippen molar-refractivity contribution >= 4 is 24.1 Å². The molecule has 0 amide bonds. The molecule has 1 rings (SSSR count). The van der Waals surface area contributed by atoms with E-state index in [0.29, 0.717) is 12.0 Å². The highest BCUT2D eigenvalue weighted by Crippen LogP contribution is 2.31. The number of rotatable bonds is 16. The molecule has 0 aromatic heterocycles. The molecule has 1 aromatic carbocycles. The van der Waals surface area contributed by atoms with Gasteiger partial charge in [0.2, 0.25) is 0 Å². The smallest absolute Gasteiger partial charge is 0.458 e. The van der Waals surface area contributed by atoms with Crippen LogP contribution in [0.25, 0.3) is 0 Å². The van der Waals surface area contributed by atoms with E-state index in [1.807, 2.05) is 34.6 Å². The molecule has 0 aliphatic carbocycles. The zero-order chi connectivity index (χ0) is 30.4. The van der Waals surface area contributed by atoms with E-state index in [4.69, 9.17) is 29.4 Å². The topological polar surface area (TPSA) is 140 Å². The number of ether oxygens (including phenoxy) is 5. The van der Waals surface area contributed by atoms with Crippen LogP contribution in [0.1, 0.15) is 93.1 Å². The van der Waals surface area contributed by atoms with E-state index in [1.54, 1.807) is 26.8 Å². The summed E-state index contributed by atoms with van der Waals surface area (Å²) < 4.78 is 26.7.